The zero-order valence-corrected chi connectivity index (χ0v) is 16.4. The third kappa shape index (κ3) is 3.57. The summed E-state index contributed by atoms with van der Waals surface area (Å²) in [5.41, 5.74) is 0. The molecule has 1 aromatic rings. The molecule has 1 aliphatic heterocycles. The molecule has 1 fully saturated rings. The van der Waals surface area contributed by atoms with Gasteiger partial charge in [-0.25, -0.2) is 16.8 Å². The summed E-state index contributed by atoms with van der Waals surface area (Å²) in [4.78, 5) is 0.0280. The number of nitrogens with zero attached hydrogens (tertiary/aromatic N) is 1. The van der Waals surface area contributed by atoms with Crippen molar-refractivity contribution >= 4 is 51.7 Å². The van der Waals surface area contributed by atoms with Gasteiger partial charge in [0.1, 0.15) is 0 Å². The van der Waals surface area contributed by atoms with Crippen LogP contribution >= 0.6 is 31.9 Å². The SMILES string of the molecule is CCN([C@H]1CS(=O)(=O)C[C@@H]1O)S(=O)(=O)c1cc(Br)ccc1Br. The number of halogens is 2. The number of benzene rings is 1. The smallest absolute Gasteiger partial charge is 0.244 e. The lowest BCUT2D eigenvalue weighted by Gasteiger charge is -2.28. The zero-order chi connectivity index (χ0) is 16.7. The Kier molecular flexibility index (Phi) is 5.40. The predicted molar refractivity (Wildman–Crippen MR) is 89.9 cm³/mol. The van der Waals surface area contributed by atoms with Crippen LogP contribution in [0.1, 0.15) is 6.92 Å². The molecule has 0 bridgehead atoms. The Bertz CT molecular complexity index is 779. The van der Waals surface area contributed by atoms with E-state index in [4.69, 9.17) is 0 Å². The van der Waals surface area contributed by atoms with E-state index in [1.165, 1.54) is 6.07 Å². The van der Waals surface area contributed by atoms with E-state index < -0.39 is 37.8 Å². The van der Waals surface area contributed by atoms with Crippen LogP contribution in [0.25, 0.3) is 0 Å². The van der Waals surface area contributed by atoms with Gasteiger partial charge in [0.25, 0.3) is 0 Å². The molecule has 1 aromatic carbocycles. The lowest BCUT2D eigenvalue weighted by atomic mass is 10.2. The van der Waals surface area contributed by atoms with Crippen molar-refractivity contribution in [3.8, 4) is 0 Å². The summed E-state index contributed by atoms with van der Waals surface area (Å²) in [6.45, 7) is 1.68. The first-order valence-corrected chi connectivity index (χ1v) is 11.3. The van der Waals surface area contributed by atoms with Crippen LogP contribution in [0.2, 0.25) is 0 Å². The number of sulfone groups is 1. The largest absolute Gasteiger partial charge is 0.390 e. The summed E-state index contributed by atoms with van der Waals surface area (Å²) in [5.74, 6) is -0.782. The van der Waals surface area contributed by atoms with Crippen LogP contribution in [-0.2, 0) is 19.9 Å². The lowest BCUT2D eigenvalue weighted by molar-refractivity contribution is 0.130. The van der Waals surface area contributed by atoms with Crippen molar-refractivity contribution in [1.82, 2.24) is 4.31 Å². The van der Waals surface area contributed by atoms with Crippen molar-refractivity contribution < 1.29 is 21.9 Å². The van der Waals surface area contributed by atoms with Crippen molar-refractivity contribution in [1.29, 1.82) is 0 Å². The van der Waals surface area contributed by atoms with Crippen molar-refractivity contribution in [2.24, 2.45) is 0 Å². The Hall–Kier alpha value is -0.000000000000000111. The van der Waals surface area contributed by atoms with Gasteiger partial charge in [-0.1, -0.05) is 22.9 Å². The minimum atomic E-state index is -3.94. The molecule has 1 saturated heterocycles. The maximum Gasteiger partial charge on any atom is 0.244 e. The third-order valence-corrected chi connectivity index (χ3v) is 8.64. The second-order valence-corrected chi connectivity index (χ2v) is 10.8. The monoisotopic (exact) mass is 475 g/mol. The summed E-state index contributed by atoms with van der Waals surface area (Å²) < 4.78 is 51.0. The minimum absolute atomic E-state index is 0.0280. The molecule has 2 atom stereocenters. The molecule has 1 N–H and O–H groups in total. The molecule has 0 aliphatic carbocycles. The van der Waals surface area contributed by atoms with Crippen LogP contribution in [-0.4, -0.2) is 56.4 Å². The normalized spacial score (nSPS) is 24.8. The van der Waals surface area contributed by atoms with Crippen LogP contribution in [0.15, 0.2) is 32.0 Å². The standard InChI is InChI=1S/C12H15Br2NO5S2/c1-2-15(10-6-21(17,18)7-11(10)16)22(19,20)12-5-8(13)3-4-9(12)14/h3-5,10-11,16H,2,6-7H2,1H3/t10-,11-/m0/s1. The van der Waals surface area contributed by atoms with Crippen LogP contribution < -0.4 is 0 Å². The molecule has 124 valence electrons. The summed E-state index contributed by atoms with van der Waals surface area (Å²) in [6.07, 6.45) is -1.22. The summed E-state index contributed by atoms with van der Waals surface area (Å²) in [5, 5.41) is 9.95. The highest BCUT2D eigenvalue weighted by atomic mass is 79.9. The van der Waals surface area contributed by atoms with E-state index in [0.29, 0.717) is 8.95 Å². The second kappa shape index (κ2) is 6.48. The maximum absolute atomic E-state index is 12.8. The van der Waals surface area contributed by atoms with Gasteiger partial charge in [0.05, 0.1) is 28.5 Å². The highest BCUT2D eigenvalue weighted by molar-refractivity contribution is 9.11. The Morgan fingerprint density at radius 1 is 1.32 bits per heavy atom. The van der Waals surface area contributed by atoms with E-state index >= 15 is 0 Å². The number of hydrogen-bond acceptors (Lipinski definition) is 5. The van der Waals surface area contributed by atoms with Gasteiger partial charge < -0.3 is 5.11 Å². The number of sulfonamides is 1. The van der Waals surface area contributed by atoms with E-state index in [2.05, 4.69) is 31.9 Å². The maximum atomic E-state index is 12.8. The van der Waals surface area contributed by atoms with Gasteiger partial charge in [0, 0.05) is 15.5 Å². The fraction of sp³-hybridized carbons (Fsp3) is 0.500. The number of aliphatic hydroxyl groups is 1. The Morgan fingerprint density at radius 3 is 2.45 bits per heavy atom. The minimum Gasteiger partial charge on any atom is -0.390 e. The number of hydrogen-bond donors (Lipinski definition) is 1. The van der Waals surface area contributed by atoms with Gasteiger partial charge >= 0.3 is 0 Å². The van der Waals surface area contributed by atoms with Crippen LogP contribution in [0.5, 0.6) is 0 Å². The van der Waals surface area contributed by atoms with E-state index in [-0.39, 0.29) is 17.2 Å². The molecule has 0 aromatic heterocycles. The molecule has 10 heteroatoms. The quantitative estimate of drug-likeness (QED) is 0.708. The average Bonchev–Trinajstić information content (AvgIpc) is 2.66. The van der Waals surface area contributed by atoms with Gasteiger partial charge in [-0.3, -0.25) is 0 Å². The van der Waals surface area contributed by atoms with Crippen molar-refractivity contribution in [3.05, 3.63) is 27.1 Å². The van der Waals surface area contributed by atoms with Gasteiger partial charge in [0.15, 0.2) is 9.84 Å². The molecule has 0 spiro atoms. The van der Waals surface area contributed by atoms with Crippen molar-refractivity contribution in [2.75, 3.05) is 18.1 Å². The van der Waals surface area contributed by atoms with Crippen molar-refractivity contribution in [3.63, 3.8) is 0 Å². The van der Waals surface area contributed by atoms with E-state index in [1.807, 2.05) is 0 Å². The first-order valence-electron chi connectivity index (χ1n) is 6.44. The first kappa shape index (κ1) is 18.3. The lowest BCUT2D eigenvalue weighted by Crippen LogP contribution is -2.46. The zero-order valence-electron chi connectivity index (χ0n) is 11.6. The van der Waals surface area contributed by atoms with Crippen molar-refractivity contribution in [2.45, 2.75) is 24.0 Å². The highest BCUT2D eigenvalue weighted by Gasteiger charge is 2.44. The molecule has 1 aliphatic rings. The first-order chi connectivity index (χ1) is 10.1. The van der Waals surface area contributed by atoms with Crippen LogP contribution in [0, 0.1) is 0 Å². The number of aliphatic hydroxyl groups excluding tert-OH is 1. The van der Waals surface area contributed by atoms with Crippen LogP contribution in [0.4, 0.5) is 0 Å². The average molecular weight is 477 g/mol. The molecule has 22 heavy (non-hydrogen) atoms. The molecule has 0 amide bonds. The van der Waals surface area contributed by atoms with Gasteiger partial charge in [-0.05, 0) is 34.1 Å². The third-order valence-electron chi connectivity index (χ3n) is 3.46. The summed E-state index contributed by atoms with van der Waals surface area (Å²) >= 11 is 6.43. The van der Waals surface area contributed by atoms with E-state index in [1.54, 1.807) is 19.1 Å². The Labute approximate surface area is 146 Å². The molecular formula is C12H15Br2NO5S2. The van der Waals surface area contributed by atoms with Gasteiger partial charge in [-0.2, -0.15) is 4.31 Å². The highest BCUT2D eigenvalue weighted by Crippen LogP contribution is 2.31. The Morgan fingerprint density at radius 2 is 1.95 bits per heavy atom. The predicted octanol–water partition coefficient (Wildman–Crippen LogP) is 1.38. The fourth-order valence-electron chi connectivity index (χ4n) is 2.47. The topological polar surface area (TPSA) is 91.8 Å². The molecule has 0 unspecified atom stereocenters. The van der Waals surface area contributed by atoms with Gasteiger partial charge in [-0.15, -0.1) is 0 Å². The van der Waals surface area contributed by atoms with E-state index in [9.17, 15) is 21.9 Å². The molecule has 2 rings (SSSR count). The van der Waals surface area contributed by atoms with Crippen LogP contribution in [0.3, 0.4) is 0 Å². The molecule has 0 radical (unpaired) electrons. The molecule has 0 saturated carbocycles. The number of likely N-dealkylation sites (N-methyl/N-ethyl adjacent to an activating group) is 1. The molecule has 6 nitrogen and oxygen atoms in total. The Balaban J connectivity index is 2.48. The second-order valence-electron chi connectivity index (χ2n) is 4.99. The molecule has 1 heterocycles. The molecular weight excluding hydrogens is 462 g/mol. The van der Waals surface area contributed by atoms with E-state index in [0.717, 1.165) is 4.31 Å². The fourth-order valence-corrected chi connectivity index (χ4v) is 7.49. The van der Waals surface area contributed by atoms with Gasteiger partial charge in [0.2, 0.25) is 10.0 Å². The summed E-state index contributed by atoms with van der Waals surface area (Å²) in [6, 6.07) is 3.75. The summed E-state index contributed by atoms with van der Waals surface area (Å²) in [7, 11) is -7.38. The number of rotatable bonds is 4.